The third kappa shape index (κ3) is 3.51. The highest BCUT2D eigenvalue weighted by molar-refractivity contribution is 7.91. The van der Waals surface area contributed by atoms with Gasteiger partial charge < -0.3 is 9.64 Å². The molecule has 24 heavy (non-hydrogen) atoms. The number of fused-ring (bicyclic) bond motifs is 1. The van der Waals surface area contributed by atoms with Gasteiger partial charge in [0.1, 0.15) is 6.61 Å². The summed E-state index contributed by atoms with van der Waals surface area (Å²) < 4.78 is 29.5. The molecule has 1 heterocycles. The van der Waals surface area contributed by atoms with E-state index in [2.05, 4.69) is 5.32 Å². The summed E-state index contributed by atoms with van der Waals surface area (Å²) in [6.07, 6.45) is -0.625. The number of hydrogen-bond acceptors (Lipinski definition) is 5. The van der Waals surface area contributed by atoms with Crippen LogP contribution in [0, 0.1) is 0 Å². The summed E-state index contributed by atoms with van der Waals surface area (Å²) in [4.78, 5) is 14.0. The summed E-state index contributed by atoms with van der Waals surface area (Å²) in [7, 11) is -1.48. The molecule has 0 bridgehead atoms. The van der Waals surface area contributed by atoms with E-state index in [-0.39, 0.29) is 17.3 Å². The molecule has 126 valence electrons. The zero-order chi connectivity index (χ0) is 17.2. The maximum absolute atomic E-state index is 12.2. The van der Waals surface area contributed by atoms with Crippen LogP contribution in [0.15, 0.2) is 53.4 Å². The highest BCUT2D eigenvalue weighted by atomic mass is 32.2. The zero-order valence-corrected chi connectivity index (χ0v) is 14.0. The highest BCUT2D eigenvalue weighted by Crippen LogP contribution is 2.32. The Morgan fingerprint density at radius 3 is 2.71 bits per heavy atom. The molecular formula is C17H18N2O4S. The van der Waals surface area contributed by atoms with Gasteiger partial charge in [0.25, 0.3) is 0 Å². The Kier molecular flexibility index (Phi) is 4.44. The van der Waals surface area contributed by atoms with Gasteiger partial charge in [-0.25, -0.2) is 13.2 Å². The molecular weight excluding hydrogens is 328 g/mol. The van der Waals surface area contributed by atoms with Gasteiger partial charge in [0.15, 0.2) is 9.84 Å². The molecule has 1 amide bonds. The Morgan fingerprint density at radius 1 is 1.21 bits per heavy atom. The number of benzene rings is 2. The molecule has 0 saturated heterocycles. The number of carbonyl (C=O) groups excluding carboxylic acids is 1. The first kappa shape index (κ1) is 16.3. The maximum Gasteiger partial charge on any atom is 0.411 e. The lowest BCUT2D eigenvalue weighted by Crippen LogP contribution is -2.32. The van der Waals surface area contributed by atoms with Crippen molar-refractivity contribution in [1.29, 1.82) is 0 Å². The molecule has 0 aromatic heterocycles. The van der Waals surface area contributed by atoms with Gasteiger partial charge in [-0.2, -0.15) is 0 Å². The largest absolute Gasteiger partial charge is 0.444 e. The first-order chi connectivity index (χ1) is 11.5. The topological polar surface area (TPSA) is 75.7 Å². The number of hydrogen-bond donors (Lipinski definition) is 1. The van der Waals surface area contributed by atoms with Crippen molar-refractivity contribution >= 4 is 27.3 Å². The molecule has 0 unspecified atom stereocenters. The Hall–Kier alpha value is -2.54. The van der Waals surface area contributed by atoms with Gasteiger partial charge in [-0.15, -0.1) is 0 Å². The number of nitrogens with zero attached hydrogens (tertiary/aromatic N) is 1. The van der Waals surface area contributed by atoms with E-state index in [1.54, 1.807) is 12.1 Å². The van der Waals surface area contributed by atoms with E-state index < -0.39 is 15.9 Å². The van der Waals surface area contributed by atoms with E-state index >= 15 is 0 Å². The molecule has 0 fully saturated rings. The van der Waals surface area contributed by atoms with Gasteiger partial charge in [0.2, 0.25) is 0 Å². The van der Waals surface area contributed by atoms with Crippen molar-refractivity contribution in [3.05, 3.63) is 54.1 Å². The molecule has 1 aliphatic rings. The van der Waals surface area contributed by atoms with Gasteiger partial charge in [-0.05, 0) is 23.8 Å². The molecule has 3 rings (SSSR count). The summed E-state index contributed by atoms with van der Waals surface area (Å²) >= 11 is 0. The monoisotopic (exact) mass is 346 g/mol. The van der Waals surface area contributed by atoms with Crippen molar-refractivity contribution < 1.29 is 17.9 Å². The Morgan fingerprint density at radius 2 is 1.96 bits per heavy atom. The highest BCUT2D eigenvalue weighted by Gasteiger charge is 2.27. The van der Waals surface area contributed by atoms with Crippen LogP contribution in [0.1, 0.15) is 5.56 Å². The molecule has 1 aliphatic heterocycles. The summed E-state index contributed by atoms with van der Waals surface area (Å²) in [6, 6.07) is 14.2. The average Bonchev–Trinajstić information content (AvgIpc) is 2.58. The number of ether oxygens (including phenoxy) is 1. The molecule has 2 aromatic rings. The molecule has 0 atom stereocenters. The van der Waals surface area contributed by atoms with E-state index in [1.807, 2.05) is 42.3 Å². The minimum absolute atomic E-state index is 0.0679. The van der Waals surface area contributed by atoms with Crippen molar-refractivity contribution in [2.45, 2.75) is 11.5 Å². The van der Waals surface area contributed by atoms with E-state index in [9.17, 15) is 13.2 Å². The van der Waals surface area contributed by atoms with Crippen LogP contribution in [0.3, 0.4) is 0 Å². The fraction of sp³-hybridized carbons (Fsp3) is 0.235. The summed E-state index contributed by atoms with van der Waals surface area (Å²) in [5, 5.41) is 2.57. The first-order valence-electron chi connectivity index (χ1n) is 7.51. The van der Waals surface area contributed by atoms with Crippen LogP contribution in [-0.2, 0) is 21.2 Å². The van der Waals surface area contributed by atoms with Gasteiger partial charge in [-0.1, -0.05) is 30.3 Å². The minimum atomic E-state index is -3.32. The van der Waals surface area contributed by atoms with Crippen LogP contribution < -0.4 is 10.2 Å². The van der Waals surface area contributed by atoms with Crippen LogP contribution in [0.25, 0.3) is 0 Å². The second kappa shape index (κ2) is 6.52. The Bertz CT molecular complexity index is 850. The summed E-state index contributed by atoms with van der Waals surface area (Å²) in [6.45, 7) is 0.611. The smallest absolute Gasteiger partial charge is 0.411 e. The standard InChI is InChI=1S/C17H18N2O4S/c1-19-9-10-24(21,22)16-11-14(7-8-15(16)19)18-17(20)23-12-13-5-3-2-4-6-13/h2-8,11H,9-10,12H2,1H3,(H,18,20). The normalized spacial score (nSPS) is 15.5. The molecule has 7 heteroatoms. The van der Waals surface area contributed by atoms with Gasteiger partial charge in [0.05, 0.1) is 16.3 Å². The van der Waals surface area contributed by atoms with E-state index in [0.717, 1.165) is 5.56 Å². The first-order valence-corrected chi connectivity index (χ1v) is 9.16. The SMILES string of the molecule is CN1CCS(=O)(=O)c2cc(NC(=O)OCc3ccccc3)ccc21. The van der Waals surface area contributed by atoms with Crippen molar-refractivity contribution in [2.24, 2.45) is 0 Å². The van der Waals surface area contributed by atoms with Crippen LogP contribution >= 0.6 is 0 Å². The lowest BCUT2D eigenvalue weighted by atomic mass is 10.2. The van der Waals surface area contributed by atoms with Crippen LogP contribution in [-0.4, -0.2) is 33.9 Å². The van der Waals surface area contributed by atoms with E-state index in [4.69, 9.17) is 4.74 Å². The van der Waals surface area contributed by atoms with Gasteiger partial charge >= 0.3 is 6.09 Å². The van der Waals surface area contributed by atoms with Gasteiger partial charge in [-0.3, -0.25) is 5.32 Å². The maximum atomic E-state index is 12.2. The molecule has 2 aromatic carbocycles. The van der Waals surface area contributed by atoms with Crippen molar-refractivity contribution in [3.8, 4) is 0 Å². The summed E-state index contributed by atoms with van der Waals surface area (Å²) in [5.74, 6) is 0.0679. The molecule has 0 radical (unpaired) electrons. The summed E-state index contributed by atoms with van der Waals surface area (Å²) in [5.41, 5.74) is 1.91. The molecule has 0 aliphatic carbocycles. The van der Waals surface area contributed by atoms with Crippen LogP contribution in [0.4, 0.5) is 16.2 Å². The second-order valence-corrected chi connectivity index (χ2v) is 7.69. The quantitative estimate of drug-likeness (QED) is 0.925. The second-order valence-electron chi connectivity index (χ2n) is 5.61. The van der Waals surface area contributed by atoms with Crippen LogP contribution in [0.5, 0.6) is 0 Å². The Balaban J connectivity index is 1.71. The molecule has 1 N–H and O–H groups in total. The molecule has 6 nitrogen and oxygen atoms in total. The lowest BCUT2D eigenvalue weighted by molar-refractivity contribution is 0.155. The molecule has 0 spiro atoms. The third-order valence-electron chi connectivity index (χ3n) is 3.86. The van der Waals surface area contributed by atoms with Crippen molar-refractivity contribution in [3.63, 3.8) is 0 Å². The fourth-order valence-electron chi connectivity index (χ4n) is 2.52. The minimum Gasteiger partial charge on any atom is -0.444 e. The third-order valence-corrected chi connectivity index (χ3v) is 5.58. The number of amides is 1. The number of carbonyl (C=O) groups is 1. The van der Waals surface area contributed by atoms with Gasteiger partial charge in [0, 0.05) is 19.3 Å². The Labute approximate surface area is 141 Å². The van der Waals surface area contributed by atoms with E-state index in [0.29, 0.717) is 17.9 Å². The fourth-order valence-corrected chi connectivity index (χ4v) is 4.10. The number of nitrogens with one attached hydrogen (secondary N) is 1. The van der Waals surface area contributed by atoms with Crippen molar-refractivity contribution in [1.82, 2.24) is 0 Å². The van der Waals surface area contributed by atoms with E-state index in [1.165, 1.54) is 6.07 Å². The zero-order valence-electron chi connectivity index (χ0n) is 13.2. The lowest BCUT2D eigenvalue weighted by Gasteiger charge is -2.27. The number of sulfone groups is 1. The predicted molar refractivity (Wildman–Crippen MR) is 92.0 cm³/mol. The number of anilines is 2. The predicted octanol–water partition coefficient (Wildman–Crippen LogP) is 2.66. The molecule has 0 saturated carbocycles. The number of rotatable bonds is 3. The van der Waals surface area contributed by atoms with Crippen molar-refractivity contribution in [2.75, 3.05) is 29.6 Å². The van der Waals surface area contributed by atoms with Crippen LogP contribution in [0.2, 0.25) is 0 Å². The average molecular weight is 346 g/mol.